The van der Waals surface area contributed by atoms with Gasteiger partial charge in [-0.3, -0.25) is 0 Å². The maximum atomic E-state index is 11.6. The highest BCUT2D eigenvalue weighted by atomic mass is 35.5. The van der Waals surface area contributed by atoms with Gasteiger partial charge in [0.1, 0.15) is 0 Å². The Balaban J connectivity index is 2.30. The number of rotatable bonds is 6. The summed E-state index contributed by atoms with van der Waals surface area (Å²) in [4.78, 5) is 16.3. The zero-order chi connectivity index (χ0) is 13.4. The van der Waals surface area contributed by atoms with Gasteiger partial charge < -0.3 is 15.5 Å². The van der Waals surface area contributed by atoms with E-state index in [1.807, 2.05) is 6.92 Å². The SMILES string of the molecule is CONCC[C@H](C)NC(=O)Nc1ccc(Cl)cc1. The molecule has 0 bridgehead atoms. The van der Waals surface area contributed by atoms with Gasteiger partial charge in [0.2, 0.25) is 0 Å². The Bertz CT molecular complexity index is 370. The summed E-state index contributed by atoms with van der Waals surface area (Å²) >= 11 is 5.76. The number of carbonyl (C=O) groups is 1. The average Bonchev–Trinajstić information content (AvgIpc) is 2.32. The summed E-state index contributed by atoms with van der Waals surface area (Å²) in [6, 6.07) is 6.77. The third kappa shape index (κ3) is 5.86. The van der Waals surface area contributed by atoms with Gasteiger partial charge in [0.05, 0.1) is 7.11 Å². The van der Waals surface area contributed by atoms with E-state index < -0.39 is 0 Å². The highest BCUT2D eigenvalue weighted by Gasteiger charge is 2.06. The fraction of sp³-hybridized carbons (Fsp3) is 0.417. The normalized spacial score (nSPS) is 11.9. The molecule has 0 aliphatic heterocycles. The molecular formula is C12H18ClN3O2. The van der Waals surface area contributed by atoms with Gasteiger partial charge in [0.15, 0.2) is 0 Å². The van der Waals surface area contributed by atoms with Crippen molar-refractivity contribution in [2.45, 2.75) is 19.4 Å². The number of urea groups is 1. The summed E-state index contributed by atoms with van der Waals surface area (Å²) in [5, 5.41) is 6.19. The average molecular weight is 272 g/mol. The second-order valence-electron chi connectivity index (χ2n) is 3.89. The van der Waals surface area contributed by atoms with Crippen molar-refractivity contribution in [1.82, 2.24) is 10.8 Å². The smallest absolute Gasteiger partial charge is 0.319 e. The minimum absolute atomic E-state index is 0.0555. The summed E-state index contributed by atoms with van der Waals surface area (Å²) in [5.74, 6) is 0. The van der Waals surface area contributed by atoms with E-state index in [-0.39, 0.29) is 12.1 Å². The zero-order valence-electron chi connectivity index (χ0n) is 10.5. The van der Waals surface area contributed by atoms with Crippen molar-refractivity contribution in [1.29, 1.82) is 0 Å². The third-order valence-electron chi connectivity index (χ3n) is 2.30. The second kappa shape index (κ2) is 7.92. The quantitative estimate of drug-likeness (QED) is 0.550. The number of hydrogen-bond acceptors (Lipinski definition) is 3. The molecule has 1 atom stereocenters. The summed E-state index contributed by atoms with van der Waals surface area (Å²) in [5.41, 5.74) is 3.43. The van der Waals surface area contributed by atoms with E-state index in [2.05, 4.69) is 16.1 Å². The van der Waals surface area contributed by atoms with Crippen LogP contribution >= 0.6 is 11.6 Å². The van der Waals surface area contributed by atoms with Crippen LogP contribution in [0.2, 0.25) is 5.02 Å². The number of hydrogen-bond donors (Lipinski definition) is 3. The van der Waals surface area contributed by atoms with Crippen LogP contribution in [0, 0.1) is 0 Å². The third-order valence-corrected chi connectivity index (χ3v) is 2.56. The minimum atomic E-state index is -0.234. The Morgan fingerprint density at radius 2 is 2.06 bits per heavy atom. The van der Waals surface area contributed by atoms with Crippen LogP contribution in [0.25, 0.3) is 0 Å². The maximum absolute atomic E-state index is 11.6. The number of hydroxylamine groups is 1. The first-order chi connectivity index (χ1) is 8.61. The molecule has 0 radical (unpaired) electrons. The van der Waals surface area contributed by atoms with Gasteiger partial charge in [-0.1, -0.05) is 11.6 Å². The van der Waals surface area contributed by atoms with E-state index in [1.54, 1.807) is 31.4 Å². The fourth-order valence-electron chi connectivity index (χ4n) is 1.37. The molecule has 0 saturated carbocycles. The molecule has 6 heteroatoms. The Hall–Kier alpha value is -1.30. The van der Waals surface area contributed by atoms with Gasteiger partial charge in [-0.05, 0) is 37.6 Å². The van der Waals surface area contributed by atoms with E-state index in [0.29, 0.717) is 17.3 Å². The minimum Gasteiger partial charge on any atom is -0.335 e. The number of benzene rings is 1. The molecule has 0 aliphatic rings. The first-order valence-electron chi connectivity index (χ1n) is 5.70. The largest absolute Gasteiger partial charge is 0.335 e. The van der Waals surface area contributed by atoms with Gasteiger partial charge in [-0.15, -0.1) is 0 Å². The van der Waals surface area contributed by atoms with E-state index in [9.17, 15) is 4.79 Å². The molecule has 0 aliphatic carbocycles. The molecule has 1 aromatic carbocycles. The lowest BCUT2D eigenvalue weighted by atomic mass is 10.2. The van der Waals surface area contributed by atoms with Gasteiger partial charge in [0, 0.05) is 23.3 Å². The summed E-state index contributed by atoms with van der Waals surface area (Å²) in [6.07, 6.45) is 0.780. The van der Waals surface area contributed by atoms with Crippen LogP contribution in [0.15, 0.2) is 24.3 Å². The zero-order valence-corrected chi connectivity index (χ0v) is 11.3. The molecule has 3 N–H and O–H groups in total. The molecule has 0 aromatic heterocycles. The molecule has 0 heterocycles. The first kappa shape index (κ1) is 14.8. The molecule has 1 rings (SSSR count). The standard InChI is InChI=1S/C12H18ClN3O2/c1-9(7-8-14-18-2)15-12(17)16-11-5-3-10(13)4-6-11/h3-6,9,14H,7-8H2,1-2H3,(H2,15,16,17)/t9-/m0/s1. The Morgan fingerprint density at radius 3 is 2.67 bits per heavy atom. The van der Waals surface area contributed by atoms with Gasteiger partial charge >= 0.3 is 6.03 Å². The van der Waals surface area contributed by atoms with Crippen molar-refractivity contribution in [3.8, 4) is 0 Å². The Labute approximate surface area is 112 Å². The van der Waals surface area contributed by atoms with Crippen LogP contribution in [0.3, 0.4) is 0 Å². The summed E-state index contributed by atoms with van der Waals surface area (Å²) in [6.45, 7) is 2.61. The molecule has 5 nitrogen and oxygen atoms in total. The Kier molecular flexibility index (Phi) is 6.49. The van der Waals surface area contributed by atoms with Crippen molar-refractivity contribution < 1.29 is 9.63 Å². The maximum Gasteiger partial charge on any atom is 0.319 e. The molecule has 0 fully saturated rings. The van der Waals surface area contributed by atoms with E-state index >= 15 is 0 Å². The molecule has 0 spiro atoms. The Morgan fingerprint density at radius 1 is 1.39 bits per heavy atom. The van der Waals surface area contributed by atoms with Gasteiger partial charge in [-0.25, -0.2) is 10.3 Å². The molecular weight excluding hydrogens is 254 g/mol. The fourth-order valence-corrected chi connectivity index (χ4v) is 1.50. The van der Waals surface area contributed by atoms with Crippen LogP contribution < -0.4 is 16.1 Å². The number of carbonyl (C=O) groups excluding carboxylic acids is 1. The number of halogens is 1. The van der Waals surface area contributed by atoms with Crippen LogP contribution in [0.4, 0.5) is 10.5 Å². The van der Waals surface area contributed by atoms with Gasteiger partial charge in [0.25, 0.3) is 0 Å². The first-order valence-corrected chi connectivity index (χ1v) is 6.08. The lowest BCUT2D eigenvalue weighted by Crippen LogP contribution is -2.37. The predicted octanol–water partition coefficient (Wildman–Crippen LogP) is 2.39. The predicted molar refractivity (Wildman–Crippen MR) is 72.7 cm³/mol. The lowest BCUT2D eigenvalue weighted by Gasteiger charge is -2.14. The lowest BCUT2D eigenvalue weighted by molar-refractivity contribution is 0.0893. The van der Waals surface area contributed by atoms with Crippen molar-refractivity contribution in [2.75, 3.05) is 19.0 Å². The van der Waals surface area contributed by atoms with Crippen molar-refractivity contribution in [3.63, 3.8) is 0 Å². The number of anilines is 1. The van der Waals surface area contributed by atoms with Crippen molar-refractivity contribution >= 4 is 23.3 Å². The van der Waals surface area contributed by atoms with Crippen LogP contribution in [0.1, 0.15) is 13.3 Å². The molecule has 0 saturated heterocycles. The van der Waals surface area contributed by atoms with Crippen LogP contribution in [-0.2, 0) is 4.84 Å². The van der Waals surface area contributed by atoms with Gasteiger partial charge in [-0.2, -0.15) is 0 Å². The number of amides is 2. The van der Waals surface area contributed by atoms with Crippen LogP contribution in [-0.4, -0.2) is 25.7 Å². The topological polar surface area (TPSA) is 62.4 Å². The monoisotopic (exact) mass is 271 g/mol. The highest BCUT2D eigenvalue weighted by molar-refractivity contribution is 6.30. The van der Waals surface area contributed by atoms with E-state index in [4.69, 9.17) is 16.4 Å². The van der Waals surface area contributed by atoms with Crippen molar-refractivity contribution in [3.05, 3.63) is 29.3 Å². The van der Waals surface area contributed by atoms with Crippen molar-refractivity contribution in [2.24, 2.45) is 0 Å². The molecule has 0 unspecified atom stereocenters. The second-order valence-corrected chi connectivity index (χ2v) is 4.33. The summed E-state index contributed by atoms with van der Waals surface area (Å²) < 4.78 is 0. The highest BCUT2D eigenvalue weighted by Crippen LogP contribution is 2.13. The summed E-state index contributed by atoms with van der Waals surface area (Å²) in [7, 11) is 1.56. The molecule has 100 valence electrons. The van der Waals surface area contributed by atoms with Crippen LogP contribution in [0.5, 0.6) is 0 Å². The molecule has 2 amide bonds. The number of nitrogens with one attached hydrogen (secondary N) is 3. The molecule has 18 heavy (non-hydrogen) atoms. The molecule has 1 aromatic rings. The van der Waals surface area contributed by atoms with E-state index in [1.165, 1.54) is 0 Å². The van der Waals surface area contributed by atoms with E-state index in [0.717, 1.165) is 6.42 Å².